The van der Waals surface area contributed by atoms with E-state index in [0.717, 1.165) is 11.3 Å². The second-order valence-electron chi connectivity index (χ2n) is 4.54. The van der Waals surface area contributed by atoms with E-state index in [1.807, 2.05) is 61.5 Å². The minimum atomic E-state index is -0.0740. The standard InChI is InChI=1S/C16H17ClN2O/c1-12(14-9-5-6-10-15(14)17)18-11-16(20)19-13-7-3-2-4-8-13/h2-10,12,18H,11H2,1H3,(H,19,20)/t12-/m1/s1. The average Bonchev–Trinajstić information content (AvgIpc) is 2.46. The van der Waals surface area contributed by atoms with E-state index in [-0.39, 0.29) is 18.5 Å². The molecule has 0 bridgehead atoms. The molecule has 0 unspecified atom stereocenters. The Morgan fingerprint density at radius 3 is 2.45 bits per heavy atom. The zero-order valence-corrected chi connectivity index (χ0v) is 12.0. The van der Waals surface area contributed by atoms with E-state index in [0.29, 0.717) is 5.02 Å². The lowest BCUT2D eigenvalue weighted by atomic mass is 10.1. The van der Waals surface area contributed by atoms with Crippen molar-refractivity contribution >= 4 is 23.2 Å². The molecule has 1 amide bonds. The highest BCUT2D eigenvalue weighted by atomic mass is 35.5. The van der Waals surface area contributed by atoms with Gasteiger partial charge in [0.15, 0.2) is 0 Å². The lowest BCUT2D eigenvalue weighted by Gasteiger charge is -2.15. The number of anilines is 1. The third-order valence-corrected chi connectivity index (χ3v) is 3.34. The maximum Gasteiger partial charge on any atom is 0.238 e. The highest BCUT2D eigenvalue weighted by Gasteiger charge is 2.10. The van der Waals surface area contributed by atoms with Crippen molar-refractivity contribution < 1.29 is 4.79 Å². The average molecular weight is 289 g/mol. The van der Waals surface area contributed by atoms with Gasteiger partial charge in [0.2, 0.25) is 5.91 Å². The number of benzene rings is 2. The Bertz CT molecular complexity index is 572. The Kier molecular flexibility index (Phi) is 5.16. The molecular formula is C16H17ClN2O. The first-order valence-electron chi connectivity index (χ1n) is 6.49. The number of para-hydroxylation sites is 1. The summed E-state index contributed by atoms with van der Waals surface area (Å²) in [6.07, 6.45) is 0. The van der Waals surface area contributed by atoms with Crippen LogP contribution < -0.4 is 10.6 Å². The van der Waals surface area contributed by atoms with Crippen LogP contribution in [0.1, 0.15) is 18.5 Å². The maximum absolute atomic E-state index is 11.8. The lowest BCUT2D eigenvalue weighted by Crippen LogP contribution is -2.30. The van der Waals surface area contributed by atoms with Gasteiger partial charge in [-0.05, 0) is 30.7 Å². The number of carbonyl (C=O) groups excluding carboxylic acids is 1. The highest BCUT2D eigenvalue weighted by Crippen LogP contribution is 2.21. The van der Waals surface area contributed by atoms with Gasteiger partial charge in [0.05, 0.1) is 6.54 Å². The number of nitrogens with one attached hydrogen (secondary N) is 2. The summed E-state index contributed by atoms with van der Waals surface area (Å²) in [7, 11) is 0. The summed E-state index contributed by atoms with van der Waals surface area (Å²) in [5, 5.41) is 6.70. The van der Waals surface area contributed by atoms with Gasteiger partial charge in [0, 0.05) is 16.8 Å². The van der Waals surface area contributed by atoms with Gasteiger partial charge in [-0.2, -0.15) is 0 Å². The summed E-state index contributed by atoms with van der Waals surface area (Å²) in [5.74, 6) is -0.0740. The fraction of sp³-hybridized carbons (Fsp3) is 0.188. The van der Waals surface area contributed by atoms with E-state index in [1.54, 1.807) is 0 Å². The molecule has 0 spiro atoms. The van der Waals surface area contributed by atoms with E-state index < -0.39 is 0 Å². The molecule has 0 aromatic heterocycles. The van der Waals surface area contributed by atoms with Crippen LogP contribution in [0.5, 0.6) is 0 Å². The first-order chi connectivity index (χ1) is 9.66. The lowest BCUT2D eigenvalue weighted by molar-refractivity contribution is -0.115. The molecule has 2 N–H and O–H groups in total. The third-order valence-electron chi connectivity index (χ3n) is 3.00. The first kappa shape index (κ1) is 14.6. The van der Waals surface area contributed by atoms with Crippen molar-refractivity contribution in [2.24, 2.45) is 0 Å². The van der Waals surface area contributed by atoms with Gasteiger partial charge in [-0.3, -0.25) is 4.79 Å². The number of amides is 1. The van der Waals surface area contributed by atoms with Crippen LogP contribution in [-0.2, 0) is 4.79 Å². The summed E-state index contributed by atoms with van der Waals surface area (Å²) in [5.41, 5.74) is 1.78. The van der Waals surface area contributed by atoms with Gasteiger partial charge in [-0.1, -0.05) is 48.0 Å². The minimum Gasteiger partial charge on any atom is -0.325 e. The van der Waals surface area contributed by atoms with Gasteiger partial charge < -0.3 is 10.6 Å². The largest absolute Gasteiger partial charge is 0.325 e. The predicted octanol–water partition coefficient (Wildman–Crippen LogP) is 3.63. The van der Waals surface area contributed by atoms with E-state index in [4.69, 9.17) is 11.6 Å². The van der Waals surface area contributed by atoms with E-state index >= 15 is 0 Å². The summed E-state index contributed by atoms with van der Waals surface area (Å²) >= 11 is 6.12. The molecule has 0 aliphatic carbocycles. The molecule has 2 rings (SSSR count). The molecule has 0 saturated heterocycles. The number of carbonyl (C=O) groups is 1. The number of hydrogen-bond donors (Lipinski definition) is 2. The Morgan fingerprint density at radius 2 is 1.75 bits per heavy atom. The fourth-order valence-corrected chi connectivity index (χ4v) is 2.21. The van der Waals surface area contributed by atoms with Crippen molar-refractivity contribution in [1.29, 1.82) is 0 Å². The zero-order valence-electron chi connectivity index (χ0n) is 11.3. The zero-order chi connectivity index (χ0) is 14.4. The third kappa shape index (κ3) is 4.08. The van der Waals surface area contributed by atoms with Crippen molar-refractivity contribution in [3.63, 3.8) is 0 Å². The second-order valence-corrected chi connectivity index (χ2v) is 4.95. The number of hydrogen-bond acceptors (Lipinski definition) is 2. The Balaban J connectivity index is 1.86. The molecule has 0 radical (unpaired) electrons. The monoisotopic (exact) mass is 288 g/mol. The smallest absolute Gasteiger partial charge is 0.238 e. The van der Waals surface area contributed by atoms with Crippen LogP contribution in [0.15, 0.2) is 54.6 Å². The molecule has 20 heavy (non-hydrogen) atoms. The van der Waals surface area contributed by atoms with Crippen LogP contribution in [0.25, 0.3) is 0 Å². The normalized spacial score (nSPS) is 11.9. The van der Waals surface area contributed by atoms with Crippen molar-refractivity contribution in [2.75, 3.05) is 11.9 Å². The van der Waals surface area contributed by atoms with Crippen LogP contribution in [-0.4, -0.2) is 12.5 Å². The van der Waals surface area contributed by atoms with E-state index in [9.17, 15) is 4.79 Å². The van der Waals surface area contributed by atoms with Crippen LogP contribution in [0, 0.1) is 0 Å². The molecular weight excluding hydrogens is 272 g/mol. The summed E-state index contributed by atoms with van der Waals surface area (Å²) in [4.78, 5) is 11.8. The quantitative estimate of drug-likeness (QED) is 0.882. The minimum absolute atomic E-state index is 0.0187. The number of halogens is 1. The van der Waals surface area contributed by atoms with Crippen molar-refractivity contribution in [2.45, 2.75) is 13.0 Å². The Hall–Kier alpha value is -1.84. The second kappa shape index (κ2) is 7.08. The summed E-state index contributed by atoms with van der Waals surface area (Å²) in [6, 6.07) is 17.0. The predicted molar refractivity (Wildman–Crippen MR) is 82.9 cm³/mol. The molecule has 1 atom stereocenters. The topological polar surface area (TPSA) is 41.1 Å². The fourth-order valence-electron chi connectivity index (χ4n) is 1.91. The molecule has 104 valence electrons. The summed E-state index contributed by atoms with van der Waals surface area (Å²) < 4.78 is 0. The van der Waals surface area contributed by atoms with Gasteiger partial charge in [-0.15, -0.1) is 0 Å². The Morgan fingerprint density at radius 1 is 1.10 bits per heavy atom. The van der Waals surface area contributed by atoms with Crippen molar-refractivity contribution in [1.82, 2.24) is 5.32 Å². The molecule has 0 saturated carbocycles. The highest BCUT2D eigenvalue weighted by molar-refractivity contribution is 6.31. The van der Waals surface area contributed by atoms with Crippen LogP contribution >= 0.6 is 11.6 Å². The van der Waals surface area contributed by atoms with Crippen molar-refractivity contribution in [3.8, 4) is 0 Å². The van der Waals surface area contributed by atoms with Gasteiger partial charge in [0.1, 0.15) is 0 Å². The van der Waals surface area contributed by atoms with E-state index in [1.165, 1.54) is 0 Å². The first-order valence-corrected chi connectivity index (χ1v) is 6.87. The maximum atomic E-state index is 11.8. The molecule has 2 aromatic rings. The van der Waals surface area contributed by atoms with Crippen LogP contribution in [0.3, 0.4) is 0 Å². The van der Waals surface area contributed by atoms with Crippen LogP contribution in [0.2, 0.25) is 5.02 Å². The van der Waals surface area contributed by atoms with Crippen molar-refractivity contribution in [3.05, 3.63) is 65.2 Å². The molecule has 4 heteroatoms. The van der Waals surface area contributed by atoms with Gasteiger partial charge in [0.25, 0.3) is 0 Å². The molecule has 2 aromatic carbocycles. The van der Waals surface area contributed by atoms with Crippen LogP contribution in [0.4, 0.5) is 5.69 Å². The molecule has 0 aliphatic heterocycles. The molecule has 0 fully saturated rings. The summed E-state index contributed by atoms with van der Waals surface area (Å²) in [6.45, 7) is 2.22. The van der Waals surface area contributed by atoms with Gasteiger partial charge >= 0.3 is 0 Å². The Labute approximate surface area is 124 Å². The SMILES string of the molecule is C[C@@H](NCC(=O)Nc1ccccc1)c1ccccc1Cl. The number of rotatable bonds is 5. The van der Waals surface area contributed by atoms with Gasteiger partial charge in [-0.25, -0.2) is 0 Å². The van der Waals surface area contributed by atoms with E-state index in [2.05, 4.69) is 10.6 Å². The molecule has 3 nitrogen and oxygen atoms in total. The molecule has 0 aliphatic rings. The molecule has 0 heterocycles.